The van der Waals surface area contributed by atoms with Crippen molar-refractivity contribution in [2.75, 3.05) is 13.2 Å². The fraction of sp³-hybridized carbons (Fsp3) is 0.846. The fourth-order valence-electron chi connectivity index (χ4n) is 2.13. The molecule has 104 valence electrons. The number of aliphatic hydroxyl groups is 1. The van der Waals surface area contributed by atoms with Crippen molar-refractivity contribution in [3.63, 3.8) is 0 Å². The molecule has 1 heterocycles. The molecule has 0 radical (unpaired) electrons. The van der Waals surface area contributed by atoms with E-state index in [-0.39, 0.29) is 48.8 Å². The monoisotopic (exact) mass is 256 g/mol. The zero-order valence-corrected chi connectivity index (χ0v) is 11.6. The Morgan fingerprint density at radius 2 is 2.06 bits per heavy atom. The first-order valence-electron chi connectivity index (χ1n) is 6.57. The Hall–Kier alpha value is -1.10. The van der Waals surface area contributed by atoms with Gasteiger partial charge in [0.1, 0.15) is 0 Å². The maximum atomic E-state index is 12.0. The van der Waals surface area contributed by atoms with Crippen LogP contribution in [0.2, 0.25) is 0 Å². The van der Waals surface area contributed by atoms with E-state index < -0.39 is 0 Å². The van der Waals surface area contributed by atoms with Crippen molar-refractivity contribution in [3.8, 4) is 0 Å². The highest BCUT2D eigenvalue weighted by Crippen LogP contribution is 2.20. The van der Waals surface area contributed by atoms with E-state index in [2.05, 4.69) is 5.32 Å². The maximum absolute atomic E-state index is 12.0. The van der Waals surface area contributed by atoms with E-state index in [4.69, 9.17) is 0 Å². The lowest BCUT2D eigenvalue weighted by Crippen LogP contribution is -2.44. The van der Waals surface area contributed by atoms with Gasteiger partial charge in [0.25, 0.3) is 0 Å². The molecule has 1 saturated heterocycles. The molecule has 0 saturated carbocycles. The zero-order valence-electron chi connectivity index (χ0n) is 11.6. The molecule has 18 heavy (non-hydrogen) atoms. The van der Waals surface area contributed by atoms with E-state index in [1.807, 2.05) is 27.7 Å². The van der Waals surface area contributed by atoms with Crippen molar-refractivity contribution in [1.29, 1.82) is 0 Å². The number of rotatable bonds is 5. The molecule has 5 heteroatoms. The summed E-state index contributed by atoms with van der Waals surface area (Å²) in [7, 11) is 0. The average molecular weight is 256 g/mol. The van der Waals surface area contributed by atoms with Crippen LogP contribution < -0.4 is 5.32 Å². The predicted molar refractivity (Wildman–Crippen MR) is 68.8 cm³/mol. The summed E-state index contributed by atoms with van der Waals surface area (Å²) in [6, 6.07) is -0.102. The summed E-state index contributed by atoms with van der Waals surface area (Å²) >= 11 is 0. The number of amides is 2. The number of carbonyl (C=O) groups is 2. The largest absolute Gasteiger partial charge is 0.394 e. The number of nitrogens with zero attached hydrogens (tertiary/aromatic N) is 1. The van der Waals surface area contributed by atoms with Crippen LogP contribution in [0.4, 0.5) is 0 Å². The van der Waals surface area contributed by atoms with E-state index in [0.717, 1.165) is 0 Å². The molecule has 2 atom stereocenters. The lowest BCUT2D eigenvalue weighted by molar-refractivity contribution is -0.130. The molecule has 2 unspecified atom stereocenters. The summed E-state index contributed by atoms with van der Waals surface area (Å²) in [6.07, 6.45) is 0.278. The predicted octanol–water partition coefficient (Wildman–Crippen LogP) is 0.376. The van der Waals surface area contributed by atoms with Gasteiger partial charge >= 0.3 is 0 Å². The maximum Gasteiger partial charge on any atom is 0.225 e. The fourth-order valence-corrected chi connectivity index (χ4v) is 2.13. The molecule has 1 rings (SSSR count). The van der Waals surface area contributed by atoms with Gasteiger partial charge in [-0.25, -0.2) is 0 Å². The van der Waals surface area contributed by atoms with Crippen LogP contribution in [-0.4, -0.2) is 47.1 Å². The van der Waals surface area contributed by atoms with Crippen LogP contribution in [0.15, 0.2) is 0 Å². The SMILES string of the molecule is CC(C)C(CO)NC(=O)C1CC(=O)N(C(C)C)C1. The second-order valence-electron chi connectivity index (χ2n) is 5.58. The van der Waals surface area contributed by atoms with Gasteiger partial charge in [0.05, 0.1) is 18.6 Å². The van der Waals surface area contributed by atoms with Crippen molar-refractivity contribution >= 4 is 11.8 Å². The lowest BCUT2D eigenvalue weighted by Gasteiger charge is -2.23. The van der Waals surface area contributed by atoms with E-state index in [0.29, 0.717) is 6.54 Å². The molecular formula is C13H24N2O3. The van der Waals surface area contributed by atoms with Crippen LogP contribution in [0, 0.1) is 11.8 Å². The number of aliphatic hydroxyl groups excluding tert-OH is 1. The topological polar surface area (TPSA) is 69.6 Å². The Bertz CT molecular complexity index is 315. The van der Waals surface area contributed by atoms with Crippen molar-refractivity contribution in [2.24, 2.45) is 11.8 Å². The summed E-state index contributed by atoms with van der Waals surface area (Å²) < 4.78 is 0. The van der Waals surface area contributed by atoms with Gasteiger partial charge in [0.2, 0.25) is 11.8 Å². The smallest absolute Gasteiger partial charge is 0.225 e. The normalized spacial score (nSPS) is 21.8. The molecule has 0 aromatic carbocycles. The number of nitrogens with one attached hydrogen (secondary N) is 1. The number of carbonyl (C=O) groups excluding carboxylic acids is 2. The molecule has 1 aliphatic heterocycles. The summed E-state index contributed by atoms with van der Waals surface area (Å²) in [4.78, 5) is 25.5. The minimum absolute atomic E-state index is 0.0373. The number of likely N-dealkylation sites (tertiary alicyclic amines) is 1. The summed E-state index contributed by atoms with van der Waals surface area (Å²) in [6.45, 7) is 8.20. The Labute approximate surface area is 109 Å². The van der Waals surface area contributed by atoms with Crippen molar-refractivity contribution < 1.29 is 14.7 Å². The van der Waals surface area contributed by atoms with Crippen LogP contribution in [0.5, 0.6) is 0 Å². The Kier molecular flexibility index (Phi) is 5.14. The molecule has 1 aliphatic rings. The highest BCUT2D eigenvalue weighted by molar-refractivity contribution is 5.89. The van der Waals surface area contributed by atoms with Gasteiger partial charge in [-0.3, -0.25) is 9.59 Å². The van der Waals surface area contributed by atoms with Crippen molar-refractivity contribution in [3.05, 3.63) is 0 Å². The standard InChI is InChI=1S/C13H24N2O3/c1-8(2)11(7-16)14-13(18)10-5-12(17)15(6-10)9(3)4/h8-11,16H,5-7H2,1-4H3,(H,14,18). The summed E-state index contributed by atoms with van der Waals surface area (Å²) in [5.74, 6) is -0.195. The zero-order chi connectivity index (χ0) is 13.9. The van der Waals surface area contributed by atoms with Crippen LogP contribution in [0.1, 0.15) is 34.1 Å². The van der Waals surface area contributed by atoms with Gasteiger partial charge in [-0.2, -0.15) is 0 Å². The van der Waals surface area contributed by atoms with E-state index in [1.54, 1.807) is 4.90 Å². The van der Waals surface area contributed by atoms with Gasteiger partial charge in [-0.15, -0.1) is 0 Å². The minimum atomic E-state index is -0.285. The number of hydrogen-bond acceptors (Lipinski definition) is 3. The van der Waals surface area contributed by atoms with E-state index >= 15 is 0 Å². The van der Waals surface area contributed by atoms with Crippen LogP contribution in [0.3, 0.4) is 0 Å². The first-order chi connectivity index (χ1) is 8.36. The van der Waals surface area contributed by atoms with Gasteiger partial charge < -0.3 is 15.3 Å². The van der Waals surface area contributed by atoms with Gasteiger partial charge in [0.15, 0.2) is 0 Å². The van der Waals surface area contributed by atoms with Gasteiger partial charge in [0, 0.05) is 19.0 Å². The lowest BCUT2D eigenvalue weighted by atomic mass is 10.0. The van der Waals surface area contributed by atoms with E-state index in [9.17, 15) is 14.7 Å². The molecule has 1 fully saturated rings. The van der Waals surface area contributed by atoms with Gasteiger partial charge in [-0.05, 0) is 19.8 Å². The van der Waals surface area contributed by atoms with Crippen LogP contribution in [-0.2, 0) is 9.59 Å². The van der Waals surface area contributed by atoms with Crippen LogP contribution >= 0.6 is 0 Å². The summed E-state index contributed by atoms with van der Waals surface area (Å²) in [5.41, 5.74) is 0. The van der Waals surface area contributed by atoms with Crippen molar-refractivity contribution in [1.82, 2.24) is 10.2 Å². The molecule has 0 spiro atoms. The molecule has 0 aliphatic carbocycles. The molecule has 2 amide bonds. The van der Waals surface area contributed by atoms with Crippen LogP contribution in [0.25, 0.3) is 0 Å². The van der Waals surface area contributed by atoms with E-state index in [1.165, 1.54) is 0 Å². The number of hydrogen-bond donors (Lipinski definition) is 2. The Morgan fingerprint density at radius 1 is 1.44 bits per heavy atom. The molecular weight excluding hydrogens is 232 g/mol. The molecule has 2 N–H and O–H groups in total. The Balaban J connectivity index is 2.56. The Morgan fingerprint density at radius 3 is 2.44 bits per heavy atom. The molecule has 5 nitrogen and oxygen atoms in total. The first kappa shape index (κ1) is 15.0. The van der Waals surface area contributed by atoms with Gasteiger partial charge in [-0.1, -0.05) is 13.8 Å². The molecule has 0 aromatic heterocycles. The average Bonchev–Trinajstić information content (AvgIpc) is 2.67. The highest BCUT2D eigenvalue weighted by Gasteiger charge is 2.36. The third-order valence-corrected chi connectivity index (χ3v) is 3.48. The second kappa shape index (κ2) is 6.18. The summed E-state index contributed by atoms with van der Waals surface area (Å²) in [5, 5.41) is 12.0. The molecule has 0 bridgehead atoms. The van der Waals surface area contributed by atoms with Crippen molar-refractivity contribution in [2.45, 2.75) is 46.2 Å². The molecule has 0 aromatic rings. The third kappa shape index (κ3) is 3.45. The highest BCUT2D eigenvalue weighted by atomic mass is 16.3. The minimum Gasteiger partial charge on any atom is -0.394 e. The second-order valence-corrected chi connectivity index (χ2v) is 5.58. The first-order valence-corrected chi connectivity index (χ1v) is 6.57. The quantitative estimate of drug-likeness (QED) is 0.747. The third-order valence-electron chi connectivity index (χ3n) is 3.48.